The molecule has 0 fully saturated rings. The van der Waals surface area contributed by atoms with Crippen LogP contribution in [0.25, 0.3) is 22.1 Å². The van der Waals surface area contributed by atoms with Gasteiger partial charge in [-0.3, -0.25) is 4.79 Å². The summed E-state index contributed by atoms with van der Waals surface area (Å²) in [7, 11) is 0. The number of halogens is 1. The molecule has 0 aliphatic rings. The lowest BCUT2D eigenvalue weighted by molar-refractivity contribution is -0.120. The van der Waals surface area contributed by atoms with Crippen molar-refractivity contribution in [2.24, 2.45) is 0 Å². The van der Waals surface area contributed by atoms with Crippen molar-refractivity contribution in [3.63, 3.8) is 0 Å². The van der Waals surface area contributed by atoms with Crippen molar-refractivity contribution in [2.45, 2.75) is 30.3 Å². The molecule has 4 rings (SSSR count). The molecule has 0 radical (unpaired) electrons. The molecule has 1 amide bonds. The van der Waals surface area contributed by atoms with Crippen molar-refractivity contribution in [3.05, 3.63) is 59.9 Å². The van der Waals surface area contributed by atoms with Crippen molar-refractivity contribution >= 4 is 39.7 Å². The fourth-order valence-electron chi connectivity index (χ4n) is 2.93. The Bertz CT molecular complexity index is 1140. The molecule has 28 heavy (non-hydrogen) atoms. The van der Waals surface area contributed by atoms with Crippen molar-refractivity contribution in [1.82, 2.24) is 25.5 Å². The number of thioether (sulfide) groups is 1. The lowest BCUT2D eigenvalue weighted by Gasteiger charge is -2.17. The van der Waals surface area contributed by atoms with Crippen molar-refractivity contribution in [3.8, 4) is 0 Å². The Morgan fingerprint density at radius 2 is 1.86 bits per heavy atom. The van der Waals surface area contributed by atoms with Crippen LogP contribution in [0.3, 0.4) is 0 Å². The van der Waals surface area contributed by atoms with E-state index in [0.29, 0.717) is 16.3 Å². The summed E-state index contributed by atoms with van der Waals surface area (Å²) < 4.78 is 13.0. The molecule has 142 valence electrons. The highest BCUT2D eigenvalue weighted by molar-refractivity contribution is 8.00. The Balaban J connectivity index is 1.46. The minimum absolute atomic E-state index is 0.151. The number of amides is 1. The zero-order chi connectivity index (χ0) is 19.7. The van der Waals surface area contributed by atoms with Gasteiger partial charge in [0.05, 0.1) is 11.3 Å². The zero-order valence-electron chi connectivity index (χ0n) is 15.3. The number of carbonyl (C=O) groups is 1. The number of carbonyl (C=O) groups excluding carboxylic acids is 1. The van der Waals surface area contributed by atoms with E-state index in [0.717, 1.165) is 16.5 Å². The number of nitrogens with one attached hydrogen (secondary N) is 2. The number of aromatic amines is 1. The van der Waals surface area contributed by atoms with Crippen LogP contribution in [0.4, 0.5) is 4.39 Å². The first-order valence-electron chi connectivity index (χ1n) is 8.85. The van der Waals surface area contributed by atoms with Gasteiger partial charge in [-0.2, -0.15) is 0 Å². The predicted molar refractivity (Wildman–Crippen MR) is 107 cm³/mol. The molecule has 0 saturated carbocycles. The normalized spacial score (nSPS) is 13.5. The molecular formula is C20H18FN5OS. The van der Waals surface area contributed by atoms with Crippen molar-refractivity contribution in [1.29, 1.82) is 0 Å². The second-order valence-electron chi connectivity index (χ2n) is 6.50. The number of para-hydroxylation sites is 1. The van der Waals surface area contributed by atoms with Crippen LogP contribution in [-0.2, 0) is 4.79 Å². The summed E-state index contributed by atoms with van der Waals surface area (Å²) in [6, 6.07) is 13.7. The topological polar surface area (TPSA) is 83.6 Å². The SMILES string of the molecule is C[C@H](Sc1nnc2c(n1)[nH]c1ccccc12)C(=O)N[C@@H](C)c1ccc(F)cc1. The highest BCUT2D eigenvalue weighted by atomic mass is 32.2. The van der Waals surface area contributed by atoms with Crippen LogP contribution in [0.5, 0.6) is 0 Å². The van der Waals surface area contributed by atoms with Crippen LogP contribution in [0, 0.1) is 5.82 Å². The number of rotatable bonds is 5. The molecule has 0 bridgehead atoms. The van der Waals surface area contributed by atoms with Gasteiger partial charge >= 0.3 is 0 Å². The number of fused-ring (bicyclic) bond motifs is 3. The highest BCUT2D eigenvalue weighted by Crippen LogP contribution is 2.25. The average Bonchev–Trinajstić information content (AvgIpc) is 3.06. The molecule has 0 aliphatic heterocycles. The Morgan fingerprint density at radius 3 is 2.64 bits per heavy atom. The Morgan fingerprint density at radius 1 is 1.11 bits per heavy atom. The standard InChI is InChI=1S/C20H18FN5OS/c1-11(13-7-9-14(21)10-8-13)22-19(27)12(2)28-20-24-18-17(25-26-20)15-5-3-4-6-16(15)23-18/h3-12H,1-2H3,(H,22,27)(H,23,24,26)/t11-,12-/m0/s1. The molecule has 0 saturated heterocycles. The number of hydrogen-bond acceptors (Lipinski definition) is 5. The van der Waals surface area contributed by atoms with Crippen LogP contribution in [0.2, 0.25) is 0 Å². The summed E-state index contributed by atoms with van der Waals surface area (Å²) in [5.74, 6) is -0.453. The second-order valence-corrected chi connectivity index (χ2v) is 7.81. The van der Waals surface area contributed by atoms with Crippen LogP contribution in [0.1, 0.15) is 25.5 Å². The lowest BCUT2D eigenvalue weighted by atomic mass is 10.1. The summed E-state index contributed by atoms with van der Waals surface area (Å²) in [6.07, 6.45) is 0. The van der Waals surface area contributed by atoms with Crippen LogP contribution in [-0.4, -0.2) is 31.3 Å². The zero-order valence-corrected chi connectivity index (χ0v) is 16.1. The van der Waals surface area contributed by atoms with Gasteiger partial charge in [0.1, 0.15) is 11.3 Å². The molecule has 8 heteroatoms. The largest absolute Gasteiger partial charge is 0.349 e. The third kappa shape index (κ3) is 3.68. The summed E-state index contributed by atoms with van der Waals surface area (Å²) in [5, 5.41) is 12.3. The van der Waals surface area contributed by atoms with Crippen molar-refractivity contribution < 1.29 is 9.18 Å². The van der Waals surface area contributed by atoms with Gasteiger partial charge in [0.25, 0.3) is 0 Å². The molecule has 2 atom stereocenters. The maximum Gasteiger partial charge on any atom is 0.233 e. The smallest absolute Gasteiger partial charge is 0.233 e. The molecule has 2 N–H and O–H groups in total. The van der Waals surface area contributed by atoms with Crippen LogP contribution >= 0.6 is 11.8 Å². The Kier molecular flexibility index (Phi) is 4.95. The number of benzene rings is 2. The number of H-pyrrole nitrogens is 1. The van der Waals surface area contributed by atoms with E-state index in [-0.39, 0.29) is 17.8 Å². The fraction of sp³-hybridized carbons (Fsp3) is 0.200. The lowest BCUT2D eigenvalue weighted by Crippen LogP contribution is -2.33. The molecule has 6 nitrogen and oxygen atoms in total. The minimum Gasteiger partial charge on any atom is -0.349 e. The van der Waals surface area contributed by atoms with E-state index >= 15 is 0 Å². The van der Waals surface area contributed by atoms with E-state index < -0.39 is 5.25 Å². The van der Waals surface area contributed by atoms with Gasteiger partial charge in [0.15, 0.2) is 5.65 Å². The number of hydrogen-bond donors (Lipinski definition) is 2. The molecule has 2 aromatic carbocycles. The Labute approximate surface area is 165 Å². The van der Waals surface area contributed by atoms with E-state index in [1.165, 1.54) is 23.9 Å². The first-order valence-corrected chi connectivity index (χ1v) is 9.73. The van der Waals surface area contributed by atoms with E-state index in [9.17, 15) is 9.18 Å². The van der Waals surface area contributed by atoms with Gasteiger partial charge in [-0.25, -0.2) is 9.37 Å². The summed E-state index contributed by atoms with van der Waals surface area (Å²) in [6.45, 7) is 3.65. The molecular weight excluding hydrogens is 377 g/mol. The summed E-state index contributed by atoms with van der Waals surface area (Å²) in [5.41, 5.74) is 3.14. The third-order valence-electron chi connectivity index (χ3n) is 4.48. The number of nitrogens with zero attached hydrogens (tertiary/aromatic N) is 3. The van der Waals surface area contributed by atoms with Crippen molar-refractivity contribution in [2.75, 3.05) is 0 Å². The van der Waals surface area contributed by atoms with Gasteiger partial charge in [-0.15, -0.1) is 10.2 Å². The number of aromatic nitrogens is 4. The molecule has 0 aliphatic carbocycles. The summed E-state index contributed by atoms with van der Waals surface area (Å²) >= 11 is 1.24. The molecule has 2 heterocycles. The summed E-state index contributed by atoms with van der Waals surface area (Å²) in [4.78, 5) is 20.2. The monoisotopic (exact) mass is 395 g/mol. The van der Waals surface area contributed by atoms with Gasteiger partial charge in [0.2, 0.25) is 11.1 Å². The molecule has 0 unspecified atom stereocenters. The Hall–Kier alpha value is -3.00. The van der Waals surface area contributed by atoms with Gasteiger partial charge in [-0.05, 0) is 37.6 Å². The van der Waals surface area contributed by atoms with Gasteiger partial charge < -0.3 is 10.3 Å². The second kappa shape index (κ2) is 7.55. The van der Waals surface area contributed by atoms with Crippen LogP contribution in [0.15, 0.2) is 53.7 Å². The fourth-order valence-corrected chi connectivity index (χ4v) is 3.66. The minimum atomic E-state index is -0.411. The first-order chi connectivity index (χ1) is 13.5. The molecule has 4 aromatic rings. The van der Waals surface area contributed by atoms with E-state index in [1.54, 1.807) is 19.1 Å². The first kappa shape index (κ1) is 18.4. The van der Waals surface area contributed by atoms with E-state index in [2.05, 4.69) is 25.5 Å². The van der Waals surface area contributed by atoms with Gasteiger partial charge in [-0.1, -0.05) is 42.1 Å². The van der Waals surface area contributed by atoms with E-state index in [4.69, 9.17) is 0 Å². The quantitative estimate of drug-likeness (QED) is 0.499. The van der Waals surface area contributed by atoms with E-state index in [1.807, 2.05) is 31.2 Å². The van der Waals surface area contributed by atoms with Gasteiger partial charge in [0, 0.05) is 10.9 Å². The maximum atomic E-state index is 13.0. The molecule has 0 spiro atoms. The third-order valence-corrected chi connectivity index (χ3v) is 5.43. The maximum absolute atomic E-state index is 13.0. The average molecular weight is 395 g/mol. The predicted octanol–water partition coefficient (Wildman–Crippen LogP) is 4.00. The highest BCUT2D eigenvalue weighted by Gasteiger charge is 2.19. The van der Waals surface area contributed by atoms with Crippen LogP contribution < -0.4 is 5.32 Å². The molecule has 2 aromatic heterocycles.